The van der Waals surface area contributed by atoms with Gasteiger partial charge in [-0.1, -0.05) is 12.1 Å². The largest absolute Gasteiger partial charge is 0.466 e. The molecule has 0 aliphatic carbocycles. The number of rotatable bonds is 5. The van der Waals surface area contributed by atoms with Crippen molar-refractivity contribution in [2.75, 3.05) is 19.6 Å². The van der Waals surface area contributed by atoms with Gasteiger partial charge in [0.15, 0.2) is 6.79 Å². The summed E-state index contributed by atoms with van der Waals surface area (Å²) in [4.78, 5) is 4.34. The number of aromatic nitrogens is 1. The highest BCUT2D eigenvalue weighted by Gasteiger charge is 2.05. The zero-order chi connectivity index (χ0) is 12.8. The first-order chi connectivity index (χ1) is 8.79. The van der Waals surface area contributed by atoms with Gasteiger partial charge in [-0.3, -0.25) is 4.98 Å². The van der Waals surface area contributed by atoms with Gasteiger partial charge in [0.2, 0.25) is 0 Å². The van der Waals surface area contributed by atoms with E-state index in [1.165, 1.54) is 0 Å². The molecular formula is C14H16N2O2. The van der Waals surface area contributed by atoms with Crippen LogP contribution in [0.25, 0.3) is 0 Å². The third-order valence-electron chi connectivity index (χ3n) is 2.53. The molecule has 94 valence electrons. The lowest BCUT2D eigenvalue weighted by molar-refractivity contribution is 0.0502. The van der Waals surface area contributed by atoms with Crippen molar-refractivity contribution < 1.29 is 9.47 Å². The number of anilines is 1. The van der Waals surface area contributed by atoms with Crippen LogP contribution in [0.3, 0.4) is 0 Å². The number of methoxy groups -OCH3 is 1. The molecule has 0 aliphatic rings. The van der Waals surface area contributed by atoms with Crippen LogP contribution >= 0.6 is 0 Å². The second-order valence-electron chi connectivity index (χ2n) is 3.92. The van der Waals surface area contributed by atoms with E-state index in [0.29, 0.717) is 6.42 Å². The maximum atomic E-state index is 5.66. The SMILES string of the molecule is COCOc1cccnc1Cc1ccc(N)cc1. The van der Waals surface area contributed by atoms with Crippen LogP contribution in [0.1, 0.15) is 11.3 Å². The van der Waals surface area contributed by atoms with Gasteiger partial charge in [-0.15, -0.1) is 0 Å². The maximum Gasteiger partial charge on any atom is 0.188 e. The standard InChI is InChI=1S/C14H16N2O2/c1-17-10-18-14-3-2-8-16-13(14)9-11-4-6-12(15)7-5-11/h2-8H,9-10,15H2,1H3. The van der Waals surface area contributed by atoms with E-state index in [1.807, 2.05) is 36.4 Å². The van der Waals surface area contributed by atoms with Gasteiger partial charge in [0, 0.05) is 25.4 Å². The lowest BCUT2D eigenvalue weighted by atomic mass is 10.1. The van der Waals surface area contributed by atoms with Gasteiger partial charge in [0.25, 0.3) is 0 Å². The van der Waals surface area contributed by atoms with Crippen molar-refractivity contribution in [1.82, 2.24) is 4.98 Å². The van der Waals surface area contributed by atoms with Crippen LogP contribution < -0.4 is 10.5 Å². The van der Waals surface area contributed by atoms with Crippen molar-refractivity contribution in [3.8, 4) is 5.75 Å². The summed E-state index contributed by atoms with van der Waals surface area (Å²) in [6, 6.07) is 11.5. The number of nitrogen functional groups attached to an aromatic ring is 1. The highest BCUT2D eigenvalue weighted by Crippen LogP contribution is 2.19. The average Bonchev–Trinajstić information content (AvgIpc) is 2.40. The fraction of sp³-hybridized carbons (Fsp3) is 0.214. The Morgan fingerprint density at radius 1 is 1.17 bits per heavy atom. The summed E-state index contributed by atoms with van der Waals surface area (Å²) in [6.07, 6.45) is 2.46. The Morgan fingerprint density at radius 2 is 1.94 bits per heavy atom. The zero-order valence-electron chi connectivity index (χ0n) is 10.3. The molecule has 4 heteroatoms. The molecule has 0 fully saturated rings. The first-order valence-corrected chi connectivity index (χ1v) is 5.69. The van der Waals surface area contributed by atoms with Crippen molar-refractivity contribution in [3.05, 3.63) is 53.9 Å². The molecule has 0 saturated carbocycles. The lowest BCUT2D eigenvalue weighted by Crippen LogP contribution is -2.03. The molecule has 0 unspecified atom stereocenters. The van der Waals surface area contributed by atoms with E-state index >= 15 is 0 Å². The Hall–Kier alpha value is -2.07. The van der Waals surface area contributed by atoms with Gasteiger partial charge in [0.1, 0.15) is 5.75 Å². The molecule has 2 aromatic rings. The maximum absolute atomic E-state index is 5.66. The molecule has 2 N–H and O–H groups in total. The van der Waals surface area contributed by atoms with Crippen molar-refractivity contribution >= 4 is 5.69 Å². The highest BCUT2D eigenvalue weighted by atomic mass is 16.7. The smallest absolute Gasteiger partial charge is 0.188 e. The first kappa shape index (κ1) is 12.4. The van der Waals surface area contributed by atoms with Crippen LogP contribution in [-0.2, 0) is 11.2 Å². The van der Waals surface area contributed by atoms with Crippen LogP contribution in [0.4, 0.5) is 5.69 Å². The minimum absolute atomic E-state index is 0.223. The number of hydrogen-bond donors (Lipinski definition) is 1. The van der Waals surface area contributed by atoms with E-state index in [4.69, 9.17) is 15.2 Å². The molecule has 1 aromatic carbocycles. The fourth-order valence-electron chi connectivity index (χ4n) is 1.64. The van der Waals surface area contributed by atoms with Crippen molar-refractivity contribution in [2.24, 2.45) is 0 Å². The Bertz CT molecular complexity index is 497. The van der Waals surface area contributed by atoms with E-state index in [2.05, 4.69) is 4.98 Å². The average molecular weight is 244 g/mol. The summed E-state index contributed by atoms with van der Waals surface area (Å²) in [6.45, 7) is 0.223. The van der Waals surface area contributed by atoms with Gasteiger partial charge in [-0.25, -0.2) is 0 Å². The minimum Gasteiger partial charge on any atom is -0.466 e. The summed E-state index contributed by atoms with van der Waals surface area (Å²) < 4.78 is 10.4. The molecule has 0 radical (unpaired) electrons. The monoisotopic (exact) mass is 244 g/mol. The minimum atomic E-state index is 0.223. The van der Waals surface area contributed by atoms with Crippen molar-refractivity contribution in [3.63, 3.8) is 0 Å². The molecule has 0 bridgehead atoms. The molecule has 0 atom stereocenters. The predicted molar refractivity (Wildman–Crippen MR) is 70.4 cm³/mol. The number of benzene rings is 1. The van der Waals surface area contributed by atoms with Gasteiger partial charge >= 0.3 is 0 Å². The lowest BCUT2D eigenvalue weighted by Gasteiger charge is -2.09. The topological polar surface area (TPSA) is 57.4 Å². The van der Waals surface area contributed by atoms with E-state index in [1.54, 1.807) is 13.3 Å². The molecule has 0 aliphatic heterocycles. The van der Waals surface area contributed by atoms with Crippen LogP contribution in [0.2, 0.25) is 0 Å². The van der Waals surface area contributed by atoms with E-state index in [9.17, 15) is 0 Å². The van der Waals surface area contributed by atoms with Gasteiger partial charge in [-0.05, 0) is 29.8 Å². The quantitative estimate of drug-likeness (QED) is 0.647. The Morgan fingerprint density at radius 3 is 2.67 bits per heavy atom. The Balaban J connectivity index is 2.15. The van der Waals surface area contributed by atoms with Crippen molar-refractivity contribution in [2.45, 2.75) is 6.42 Å². The molecule has 0 spiro atoms. The third-order valence-corrected chi connectivity index (χ3v) is 2.53. The van der Waals surface area contributed by atoms with Crippen molar-refractivity contribution in [1.29, 1.82) is 0 Å². The molecule has 0 amide bonds. The van der Waals surface area contributed by atoms with Gasteiger partial charge in [0.05, 0.1) is 5.69 Å². The molecule has 2 rings (SSSR count). The van der Waals surface area contributed by atoms with E-state index < -0.39 is 0 Å². The molecule has 1 aromatic heterocycles. The number of hydrogen-bond acceptors (Lipinski definition) is 4. The van der Waals surface area contributed by atoms with Crippen LogP contribution in [-0.4, -0.2) is 18.9 Å². The number of ether oxygens (including phenoxy) is 2. The van der Waals surface area contributed by atoms with E-state index in [-0.39, 0.29) is 6.79 Å². The van der Waals surface area contributed by atoms with E-state index in [0.717, 1.165) is 22.7 Å². The molecule has 4 nitrogen and oxygen atoms in total. The third kappa shape index (κ3) is 3.21. The van der Waals surface area contributed by atoms with Gasteiger partial charge in [-0.2, -0.15) is 0 Å². The van der Waals surface area contributed by atoms with Crippen LogP contribution in [0.15, 0.2) is 42.6 Å². The summed E-state index contributed by atoms with van der Waals surface area (Å²) in [5.41, 5.74) is 8.45. The number of nitrogens with zero attached hydrogens (tertiary/aromatic N) is 1. The molecule has 0 saturated heterocycles. The Kier molecular flexibility index (Phi) is 4.15. The normalized spacial score (nSPS) is 10.3. The van der Waals surface area contributed by atoms with Crippen LogP contribution in [0, 0.1) is 0 Å². The number of pyridine rings is 1. The second-order valence-corrected chi connectivity index (χ2v) is 3.92. The highest BCUT2D eigenvalue weighted by molar-refractivity contribution is 5.41. The van der Waals surface area contributed by atoms with Gasteiger partial charge < -0.3 is 15.2 Å². The predicted octanol–water partition coefficient (Wildman–Crippen LogP) is 2.24. The zero-order valence-corrected chi connectivity index (χ0v) is 10.3. The molecule has 1 heterocycles. The summed E-state index contributed by atoms with van der Waals surface area (Å²) in [5, 5.41) is 0. The molecular weight excluding hydrogens is 228 g/mol. The van der Waals surface area contributed by atoms with Crippen LogP contribution in [0.5, 0.6) is 5.75 Å². The Labute approximate surface area is 106 Å². The first-order valence-electron chi connectivity index (χ1n) is 5.69. The summed E-state index contributed by atoms with van der Waals surface area (Å²) >= 11 is 0. The summed E-state index contributed by atoms with van der Waals surface area (Å²) in [7, 11) is 1.59. The fourth-order valence-corrected chi connectivity index (χ4v) is 1.64. The summed E-state index contributed by atoms with van der Waals surface area (Å²) in [5.74, 6) is 0.746. The number of nitrogens with two attached hydrogens (primary N) is 1. The second kappa shape index (κ2) is 6.02. The molecule has 18 heavy (non-hydrogen) atoms.